The highest BCUT2D eigenvalue weighted by molar-refractivity contribution is 14.0. The molecular formula is C22H36IN5O3. The zero-order valence-corrected chi connectivity index (χ0v) is 21.1. The van der Waals surface area contributed by atoms with Gasteiger partial charge in [-0.15, -0.1) is 24.0 Å². The van der Waals surface area contributed by atoms with Gasteiger partial charge >= 0.3 is 0 Å². The van der Waals surface area contributed by atoms with Gasteiger partial charge in [-0.3, -0.25) is 9.69 Å². The zero-order chi connectivity index (χ0) is 21.3. The van der Waals surface area contributed by atoms with Gasteiger partial charge in [0.05, 0.1) is 19.8 Å². The van der Waals surface area contributed by atoms with E-state index in [1.54, 1.807) is 19.0 Å². The van der Waals surface area contributed by atoms with Gasteiger partial charge in [-0.05, 0) is 26.0 Å². The lowest BCUT2D eigenvalue weighted by molar-refractivity contribution is -0.127. The van der Waals surface area contributed by atoms with Crippen LogP contribution in [-0.4, -0.2) is 94.3 Å². The molecular weight excluding hydrogens is 509 g/mol. The molecule has 1 fully saturated rings. The molecule has 2 atom stereocenters. The van der Waals surface area contributed by atoms with Crippen molar-refractivity contribution < 1.29 is 14.3 Å². The highest BCUT2D eigenvalue weighted by Gasteiger charge is 2.29. The number of para-hydroxylation sites is 1. The van der Waals surface area contributed by atoms with E-state index in [0.29, 0.717) is 12.6 Å². The molecule has 0 aromatic heterocycles. The highest BCUT2D eigenvalue weighted by Crippen LogP contribution is 2.35. The number of halogens is 1. The Bertz CT molecular complexity index is 725. The third-order valence-corrected chi connectivity index (χ3v) is 5.62. The number of rotatable bonds is 8. The van der Waals surface area contributed by atoms with Crippen LogP contribution in [0.5, 0.6) is 5.75 Å². The Morgan fingerprint density at radius 2 is 2.03 bits per heavy atom. The maximum atomic E-state index is 12.0. The molecule has 0 saturated carbocycles. The average Bonchev–Trinajstić information content (AvgIpc) is 3.19. The molecule has 1 amide bonds. The first-order valence-electron chi connectivity index (χ1n) is 10.8. The van der Waals surface area contributed by atoms with E-state index >= 15 is 0 Å². The fourth-order valence-corrected chi connectivity index (χ4v) is 3.69. The van der Waals surface area contributed by atoms with E-state index in [-0.39, 0.29) is 48.4 Å². The van der Waals surface area contributed by atoms with Crippen LogP contribution in [0.3, 0.4) is 0 Å². The SMILES string of the molecule is CC(NC(=NCC(=O)N(C)C)NCCCN1CCOCC1)C1COc2ccccc21.I. The van der Waals surface area contributed by atoms with Crippen molar-refractivity contribution in [2.24, 2.45) is 4.99 Å². The molecule has 9 heteroatoms. The van der Waals surface area contributed by atoms with E-state index in [9.17, 15) is 4.79 Å². The second-order valence-electron chi connectivity index (χ2n) is 8.08. The van der Waals surface area contributed by atoms with Gasteiger partial charge < -0.3 is 25.0 Å². The van der Waals surface area contributed by atoms with Crippen LogP contribution in [0.15, 0.2) is 29.3 Å². The summed E-state index contributed by atoms with van der Waals surface area (Å²) in [7, 11) is 3.49. The molecule has 2 aliphatic rings. The number of hydrogen-bond donors (Lipinski definition) is 2. The molecule has 1 aromatic rings. The number of fused-ring (bicyclic) bond motifs is 1. The summed E-state index contributed by atoms with van der Waals surface area (Å²) < 4.78 is 11.2. The van der Waals surface area contributed by atoms with Crippen molar-refractivity contribution in [3.05, 3.63) is 29.8 Å². The lowest BCUT2D eigenvalue weighted by Gasteiger charge is -2.27. The van der Waals surface area contributed by atoms with E-state index in [4.69, 9.17) is 9.47 Å². The molecule has 31 heavy (non-hydrogen) atoms. The van der Waals surface area contributed by atoms with Crippen molar-refractivity contribution in [1.82, 2.24) is 20.4 Å². The number of carbonyl (C=O) groups is 1. The van der Waals surface area contributed by atoms with Crippen molar-refractivity contribution in [3.63, 3.8) is 0 Å². The predicted molar refractivity (Wildman–Crippen MR) is 134 cm³/mol. The summed E-state index contributed by atoms with van der Waals surface area (Å²) >= 11 is 0. The molecule has 0 bridgehead atoms. The van der Waals surface area contributed by atoms with Crippen molar-refractivity contribution in [2.45, 2.75) is 25.3 Å². The van der Waals surface area contributed by atoms with E-state index in [0.717, 1.165) is 51.6 Å². The molecule has 0 aliphatic carbocycles. The summed E-state index contributed by atoms with van der Waals surface area (Å²) in [5, 5.41) is 6.89. The smallest absolute Gasteiger partial charge is 0.243 e. The molecule has 8 nitrogen and oxygen atoms in total. The van der Waals surface area contributed by atoms with E-state index in [1.807, 2.05) is 18.2 Å². The van der Waals surface area contributed by atoms with Crippen LogP contribution in [0.4, 0.5) is 0 Å². The quantitative estimate of drug-likeness (QED) is 0.223. The molecule has 2 N–H and O–H groups in total. The maximum Gasteiger partial charge on any atom is 0.243 e. The number of amides is 1. The van der Waals surface area contributed by atoms with Gasteiger partial charge in [0.1, 0.15) is 12.3 Å². The van der Waals surface area contributed by atoms with Crippen LogP contribution >= 0.6 is 24.0 Å². The number of carbonyl (C=O) groups excluding carboxylic acids is 1. The Kier molecular flexibility index (Phi) is 10.8. The summed E-state index contributed by atoms with van der Waals surface area (Å²) in [6, 6.07) is 8.29. The molecule has 174 valence electrons. The number of nitrogens with one attached hydrogen (secondary N) is 2. The van der Waals surface area contributed by atoms with Crippen LogP contribution in [0.25, 0.3) is 0 Å². The third kappa shape index (κ3) is 7.80. The van der Waals surface area contributed by atoms with Crippen LogP contribution in [0, 0.1) is 0 Å². The normalized spacial score (nSPS) is 19.6. The number of guanidine groups is 1. The third-order valence-electron chi connectivity index (χ3n) is 5.62. The lowest BCUT2D eigenvalue weighted by Crippen LogP contribution is -2.46. The molecule has 1 saturated heterocycles. The molecule has 2 unspecified atom stereocenters. The van der Waals surface area contributed by atoms with E-state index < -0.39 is 0 Å². The summed E-state index contributed by atoms with van der Waals surface area (Å²) in [5.74, 6) is 1.85. The summed E-state index contributed by atoms with van der Waals surface area (Å²) in [6.07, 6.45) is 1.01. The fraction of sp³-hybridized carbons (Fsp3) is 0.636. The van der Waals surface area contributed by atoms with Gasteiger partial charge in [0.2, 0.25) is 5.91 Å². The minimum absolute atomic E-state index is 0. The number of benzene rings is 1. The zero-order valence-electron chi connectivity index (χ0n) is 18.8. The molecule has 0 spiro atoms. The minimum Gasteiger partial charge on any atom is -0.493 e. The Balaban J connectivity index is 0.00000341. The Hall–Kier alpha value is -1.59. The van der Waals surface area contributed by atoms with Gasteiger partial charge in [-0.25, -0.2) is 4.99 Å². The minimum atomic E-state index is -0.0217. The molecule has 0 radical (unpaired) electrons. The number of hydrogen-bond acceptors (Lipinski definition) is 5. The number of aliphatic imine (C=N–C) groups is 1. The monoisotopic (exact) mass is 545 g/mol. The van der Waals surface area contributed by atoms with Crippen molar-refractivity contribution in [1.29, 1.82) is 0 Å². The Labute approximate surface area is 202 Å². The Morgan fingerprint density at radius 3 is 2.77 bits per heavy atom. The summed E-state index contributed by atoms with van der Waals surface area (Å²) in [5.41, 5.74) is 1.22. The summed E-state index contributed by atoms with van der Waals surface area (Å²) in [4.78, 5) is 20.5. The van der Waals surface area contributed by atoms with Crippen LogP contribution in [-0.2, 0) is 9.53 Å². The van der Waals surface area contributed by atoms with Crippen molar-refractivity contribution in [2.75, 3.05) is 66.6 Å². The van der Waals surface area contributed by atoms with Gasteiger partial charge in [0, 0.05) is 51.3 Å². The van der Waals surface area contributed by atoms with Crippen molar-refractivity contribution >= 4 is 35.8 Å². The number of ether oxygens (including phenoxy) is 2. The standard InChI is InChI=1S/C22H35N5O3.HI/c1-17(19-16-30-20-8-5-4-7-18(19)20)25-22(24-15-21(28)26(2)3)23-9-6-10-27-11-13-29-14-12-27;/h4-5,7-8,17,19H,6,9-16H2,1-3H3,(H2,23,24,25);1H. The lowest BCUT2D eigenvalue weighted by atomic mass is 9.94. The molecule has 1 aromatic carbocycles. The maximum absolute atomic E-state index is 12.0. The fourth-order valence-electron chi connectivity index (χ4n) is 3.69. The molecule has 2 aliphatic heterocycles. The predicted octanol–water partition coefficient (Wildman–Crippen LogP) is 1.51. The van der Waals surface area contributed by atoms with Crippen molar-refractivity contribution in [3.8, 4) is 5.75 Å². The average molecular weight is 545 g/mol. The number of nitrogens with zero attached hydrogens (tertiary/aromatic N) is 3. The largest absolute Gasteiger partial charge is 0.493 e. The highest BCUT2D eigenvalue weighted by atomic mass is 127. The van der Waals surface area contributed by atoms with Crippen LogP contribution in [0.2, 0.25) is 0 Å². The van der Waals surface area contributed by atoms with Crippen LogP contribution < -0.4 is 15.4 Å². The first-order chi connectivity index (χ1) is 14.5. The number of morpholine rings is 1. The van der Waals surface area contributed by atoms with Gasteiger partial charge in [0.15, 0.2) is 5.96 Å². The van der Waals surface area contributed by atoms with E-state index in [2.05, 4.69) is 33.5 Å². The topological polar surface area (TPSA) is 78.4 Å². The van der Waals surface area contributed by atoms with Gasteiger partial charge in [0.25, 0.3) is 0 Å². The molecule has 2 heterocycles. The van der Waals surface area contributed by atoms with Crippen LogP contribution in [0.1, 0.15) is 24.8 Å². The summed E-state index contributed by atoms with van der Waals surface area (Å²) in [6.45, 7) is 8.35. The first-order valence-corrected chi connectivity index (χ1v) is 10.8. The van der Waals surface area contributed by atoms with Gasteiger partial charge in [-0.1, -0.05) is 18.2 Å². The number of likely N-dealkylation sites (N-methyl/N-ethyl adjacent to an activating group) is 1. The Morgan fingerprint density at radius 1 is 1.29 bits per heavy atom. The van der Waals surface area contributed by atoms with E-state index in [1.165, 1.54) is 5.56 Å². The first kappa shape index (κ1) is 25.7. The second kappa shape index (κ2) is 13.1. The molecule has 3 rings (SSSR count). The second-order valence-corrected chi connectivity index (χ2v) is 8.08. The van der Waals surface area contributed by atoms with Gasteiger partial charge in [-0.2, -0.15) is 0 Å².